The first kappa shape index (κ1) is 12.8. The van der Waals surface area contributed by atoms with Gasteiger partial charge in [0.25, 0.3) is 0 Å². The molecule has 1 aliphatic rings. The minimum Gasteiger partial charge on any atom is -0.309 e. The number of nitrogens with one attached hydrogen (secondary N) is 1. The van der Waals surface area contributed by atoms with Crippen molar-refractivity contribution < 1.29 is 0 Å². The van der Waals surface area contributed by atoms with Crippen LogP contribution in [0, 0.1) is 11.8 Å². The molecule has 2 atom stereocenters. The molecule has 2 unspecified atom stereocenters. The highest BCUT2D eigenvalue weighted by Gasteiger charge is 2.16. The molecule has 0 saturated heterocycles. The number of allylic oxidation sites excluding steroid dienone is 1. The van der Waals surface area contributed by atoms with Crippen molar-refractivity contribution in [3.8, 4) is 0 Å². The lowest BCUT2D eigenvalue weighted by Gasteiger charge is -2.24. The highest BCUT2D eigenvalue weighted by molar-refractivity contribution is 4.93. The lowest BCUT2D eigenvalue weighted by Crippen LogP contribution is -2.35. The van der Waals surface area contributed by atoms with Gasteiger partial charge in [0, 0.05) is 12.1 Å². The molecule has 1 fully saturated rings. The van der Waals surface area contributed by atoms with Crippen molar-refractivity contribution in [1.82, 2.24) is 5.32 Å². The van der Waals surface area contributed by atoms with Crippen LogP contribution in [0.2, 0.25) is 0 Å². The van der Waals surface area contributed by atoms with Gasteiger partial charge in [-0.15, -0.1) is 0 Å². The van der Waals surface area contributed by atoms with Gasteiger partial charge in [0.2, 0.25) is 0 Å². The molecule has 0 radical (unpaired) electrons. The Bertz CT molecular complexity index is 200. The van der Waals surface area contributed by atoms with E-state index in [1.54, 1.807) is 0 Å². The van der Waals surface area contributed by atoms with Crippen LogP contribution in [0.4, 0.5) is 0 Å². The smallest absolute Gasteiger partial charge is 0.0139 e. The van der Waals surface area contributed by atoms with E-state index in [0.29, 0.717) is 0 Å². The van der Waals surface area contributed by atoms with E-state index < -0.39 is 0 Å². The average molecular weight is 209 g/mol. The largest absolute Gasteiger partial charge is 0.309 e. The SMILES string of the molecule is CC1CCCC(C=CCNC(C)(C)C)C1. The molecule has 1 saturated carbocycles. The molecule has 0 aromatic rings. The molecule has 15 heavy (non-hydrogen) atoms. The number of hydrogen-bond donors (Lipinski definition) is 1. The molecule has 0 heterocycles. The summed E-state index contributed by atoms with van der Waals surface area (Å²) in [5.41, 5.74) is 0.240. The van der Waals surface area contributed by atoms with E-state index >= 15 is 0 Å². The van der Waals surface area contributed by atoms with Gasteiger partial charge in [0.05, 0.1) is 0 Å². The molecule has 1 N–H and O–H groups in total. The van der Waals surface area contributed by atoms with Gasteiger partial charge in [-0.2, -0.15) is 0 Å². The van der Waals surface area contributed by atoms with Crippen LogP contribution in [-0.2, 0) is 0 Å². The molecule has 1 rings (SSSR count). The Morgan fingerprint density at radius 3 is 2.60 bits per heavy atom. The van der Waals surface area contributed by atoms with Gasteiger partial charge in [-0.3, -0.25) is 0 Å². The molecule has 88 valence electrons. The van der Waals surface area contributed by atoms with Crippen molar-refractivity contribution in [1.29, 1.82) is 0 Å². The Morgan fingerprint density at radius 1 is 1.27 bits per heavy atom. The van der Waals surface area contributed by atoms with Gasteiger partial charge in [0.15, 0.2) is 0 Å². The van der Waals surface area contributed by atoms with E-state index in [-0.39, 0.29) is 5.54 Å². The van der Waals surface area contributed by atoms with Crippen LogP contribution in [-0.4, -0.2) is 12.1 Å². The third-order valence-electron chi connectivity index (χ3n) is 3.14. The minimum absolute atomic E-state index is 0.240. The van der Waals surface area contributed by atoms with Crippen LogP contribution >= 0.6 is 0 Å². The maximum Gasteiger partial charge on any atom is 0.0139 e. The average Bonchev–Trinajstić information content (AvgIpc) is 2.11. The summed E-state index contributed by atoms with van der Waals surface area (Å²) < 4.78 is 0. The lowest BCUT2D eigenvalue weighted by atomic mass is 9.82. The van der Waals surface area contributed by atoms with E-state index in [1.165, 1.54) is 25.7 Å². The van der Waals surface area contributed by atoms with Crippen molar-refractivity contribution in [3.63, 3.8) is 0 Å². The Kier molecular flexibility index (Phi) is 4.85. The maximum absolute atomic E-state index is 3.49. The zero-order valence-corrected chi connectivity index (χ0v) is 10.8. The number of hydrogen-bond acceptors (Lipinski definition) is 1. The summed E-state index contributed by atoms with van der Waals surface area (Å²) in [5.74, 6) is 1.78. The van der Waals surface area contributed by atoms with Gasteiger partial charge in [-0.25, -0.2) is 0 Å². The van der Waals surface area contributed by atoms with Crippen LogP contribution in [0.1, 0.15) is 53.4 Å². The molecule has 0 aliphatic heterocycles. The summed E-state index contributed by atoms with van der Waals surface area (Å²) in [7, 11) is 0. The van der Waals surface area contributed by atoms with Crippen molar-refractivity contribution in [3.05, 3.63) is 12.2 Å². The monoisotopic (exact) mass is 209 g/mol. The topological polar surface area (TPSA) is 12.0 Å². The maximum atomic E-state index is 3.49. The van der Waals surface area contributed by atoms with E-state index in [0.717, 1.165) is 18.4 Å². The summed E-state index contributed by atoms with van der Waals surface area (Å²) in [5, 5.41) is 3.49. The second-order valence-electron chi connectivity index (χ2n) is 6.09. The summed E-state index contributed by atoms with van der Waals surface area (Å²) >= 11 is 0. The van der Waals surface area contributed by atoms with Crippen molar-refractivity contribution >= 4 is 0 Å². The van der Waals surface area contributed by atoms with Gasteiger partial charge in [-0.1, -0.05) is 31.9 Å². The fourth-order valence-electron chi connectivity index (χ4n) is 2.28. The molecular formula is C14H27N. The normalized spacial score (nSPS) is 28.5. The molecular weight excluding hydrogens is 182 g/mol. The quantitative estimate of drug-likeness (QED) is 0.698. The molecule has 1 nitrogen and oxygen atoms in total. The Hall–Kier alpha value is -0.300. The highest BCUT2D eigenvalue weighted by atomic mass is 14.9. The fourth-order valence-corrected chi connectivity index (χ4v) is 2.28. The predicted molar refractivity (Wildman–Crippen MR) is 68.0 cm³/mol. The van der Waals surface area contributed by atoms with E-state index in [1.807, 2.05) is 0 Å². The molecule has 0 aromatic heterocycles. The molecule has 1 aliphatic carbocycles. The van der Waals surface area contributed by atoms with Crippen molar-refractivity contribution in [2.75, 3.05) is 6.54 Å². The zero-order valence-electron chi connectivity index (χ0n) is 10.8. The van der Waals surface area contributed by atoms with Crippen LogP contribution in [0.5, 0.6) is 0 Å². The van der Waals surface area contributed by atoms with E-state index in [4.69, 9.17) is 0 Å². The second-order valence-corrected chi connectivity index (χ2v) is 6.09. The fraction of sp³-hybridized carbons (Fsp3) is 0.857. The van der Waals surface area contributed by atoms with Gasteiger partial charge >= 0.3 is 0 Å². The van der Waals surface area contributed by atoms with Crippen LogP contribution in [0.15, 0.2) is 12.2 Å². The van der Waals surface area contributed by atoms with Crippen LogP contribution < -0.4 is 5.32 Å². The van der Waals surface area contributed by atoms with Gasteiger partial charge in [0.1, 0.15) is 0 Å². The first-order chi connectivity index (χ1) is 6.97. The van der Waals surface area contributed by atoms with Crippen molar-refractivity contribution in [2.24, 2.45) is 11.8 Å². The zero-order chi connectivity index (χ0) is 11.3. The second kappa shape index (κ2) is 5.69. The summed E-state index contributed by atoms with van der Waals surface area (Å²) in [6.07, 6.45) is 10.4. The summed E-state index contributed by atoms with van der Waals surface area (Å²) in [6, 6.07) is 0. The standard InChI is InChI=1S/C14H27N/c1-12-7-5-8-13(11-12)9-6-10-15-14(2,3)4/h6,9,12-13,15H,5,7-8,10-11H2,1-4H3. The summed E-state index contributed by atoms with van der Waals surface area (Å²) in [4.78, 5) is 0. The number of rotatable bonds is 3. The van der Waals surface area contributed by atoms with Gasteiger partial charge in [-0.05, 0) is 45.4 Å². The third kappa shape index (κ3) is 5.99. The highest BCUT2D eigenvalue weighted by Crippen LogP contribution is 2.29. The Labute approximate surface area is 95.3 Å². The van der Waals surface area contributed by atoms with Gasteiger partial charge < -0.3 is 5.32 Å². The molecule has 0 amide bonds. The molecule has 0 spiro atoms. The minimum atomic E-state index is 0.240. The predicted octanol–water partition coefficient (Wildman–Crippen LogP) is 3.76. The first-order valence-corrected chi connectivity index (χ1v) is 6.39. The lowest BCUT2D eigenvalue weighted by molar-refractivity contribution is 0.324. The molecule has 0 bridgehead atoms. The van der Waals surface area contributed by atoms with Crippen LogP contribution in [0.3, 0.4) is 0 Å². The third-order valence-corrected chi connectivity index (χ3v) is 3.14. The Balaban J connectivity index is 2.20. The first-order valence-electron chi connectivity index (χ1n) is 6.39. The van der Waals surface area contributed by atoms with E-state index in [2.05, 4.69) is 45.2 Å². The molecule has 1 heteroatoms. The Morgan fingerprint density at radius 2 is 2.00 bits per heavy atom. The van der Waals surface area contributed by atoms with Crippen LogP contribution in [0.25, 0.3) is 0 Å². The van der Waals surface area contributed by atoms with Crippen molar-refractivity contribution in [2.45, 2.75) is 58.9 Å². The molecule has 0 aromatic carbocycles. The van der Waals surface area contributed by atoms with E-state index in [9.17, 15) is 0 Å². The summed E-state index contributed by atoms with van der Waals surface area (Å²) in [6.45, 7) is 10.0.